The Bertz CT molecular complexity index is 503. The molecule has 2 rings (SSSR count). The van der Waals surface area contributed by atoms with Crippen molar-refractivity contribution in [1.29, 1.82) is 0 Å². The first-order valence-electron chi connectivity index (χ1n) is 6.06. The molecule has 0 radical (unpaired) electrons. The summed E-state index contributed by atoms with van der Waals surface area (Å²) in [7, 11) is 0. The fraction of sp³-hybridized carbons (Fsp3) is 0.583. The molecule has 0 saturated heterocycles. The van der Waals surface area contributed by atoms with Gasteiger partial charge in [-0.3, -0.25) is 4.40 Å². The van der Waals surface area contributed by atoms with Crippen molar-refractivity contribution in [3.05, 3.63) is 18.2 Å². The van der Waals surface area contributed by atoms with E-state index in [2.05, 4.69) is 41.3 Å². The highest BCUT2D eigenvalue weighted by Crippen LogP contribution is 2.17. The van der Waals surface area contributed by atoms with Crippen molar-refractivity contribution in [2.45, 2.75) is 40.2 Å². The minimum Gasteiger partial charge on any atom is -0.364 e. The Hall–Kier alpha value is -1.65. The molecule has 0 aromatic carbocycles. The van der Waals surface area contributed by atoms with E-state index < -0.39 is 0 Å². The number of hydrogen-bond acceptors (Lipinski definition) is 4. The van der Waals surface area contributed by atoms with E-state index >= 15 is 0 Å². The molecule has 1 unspecified atom stereocenters. The molecule has 17 heavy (non-hydrogen) atoms. The van der Waals surface area contributed by atoms with Gasteiger partial charge in [-0.1, -0.05) is 20.8 Å². The van der Waals surface area contributed by atoms with Gasteiger partial charge in [0.05, 0.1) is 0 Å². The maximum Gasteiger partial charge on any atom is 0.203 e. The first-order chi connectivity index (χ1) is 8.13. The third-order valence-electron chi connectivity index (χ3n) is 3.06. The second-order valence-electron chi connectivity index (χ2n) is 4.62. The van der Waals surface area contributed by atoms with Crippen LogP contribution in [0.1, 0.15) is 33.0 Å². The SMILES string of the molecule is CCC(Nc1nccn2c(C)nnc12)C(C)C. The van der Waals surface area contributed by atoms with Crippen LogP contribution in [0.3, 0.4) is 0 Å². The molecule has 0 bridgehead atoms. The van der Waals surface area contributed by atoms with Gasteiger partial charge in [0.15, 0.2) is 5.82 Å². The molecule has 0 amide bonds. The van der Waals surface area contributed by atoms with Crippen molar-refractivity contribution >= 4 is 11.5 Å². The van der Waals surface area contributed by atoms with Gasteiger partial charge in [0.2, 0.25) is 5.65 Å². The van der Waals surface area contributed by atoms with E-state index in [0.717, 1.165) is 23.7 Å². The number of hydrogen-bond donors (Lipinski definition) is 1. The second kappa shape index (κ2) is 4.69. The minimum absolute atomic E-state index is 0.408. The van der Waals surface area contributed by atoms with Crippen molar-refractivity contribution in [3.8, 4) is 0 Å². The molecular weight excluding hydrogens is 214 g/mol. The van der Waals surface area contributed by atoms with Gasteiger partial charge in [0, 0.05) is 18.4 Å². The van der Waals surface area contributed by atoms with Crippen LogP contribution in [-0.2, 0) is 0 Å². The van der Waals surface area contributed by atoms with Gasteiger partial charge in [-0.2, -0.15) is 0 Å². The molecule has 1 N–H and O–H groups in total. The van der Waals surface area contributed by atoms with E-state index in [9.17, 15) is 0 Å². The molecule has 2 aromatic heterocycles. The summed E-state index contributed by atoms with van der Waals surface area (Å²) in [6, 6.07) is 0.408. The zero-order chi connectivity index (χ0) is 12.4. The van der Waals surface area contributed by atoms with E-state index in [0.29, 0.717) is 12.0 Å². The summed E-state index contributed by atoms with van der Waals surface area (Å²) in [4.78, 5) is 4.36. The smallest absolute Gasteiger partial charge is 0.203 e. The van der Waals surface area contributed by atoms with E-state index in [4.69, 9.17) is 0 Å². The van der Waals surface area contributed by atoms with E-state index in [1.807, 2.05) is 17.5 Å². The number of aromatic nitrogens is 4. The summed E-state index contributed by atoms with van der Waals surface area (Å²) in [6.45, 7) is 8.52. The first-order valence-corrected chi connectivity index (χ1v) is 6.06. The fourth-order valence-corrected chi connectivity index (χ4v) is 1.96. The maximum absolute atomic E-state index is 4.36. The molecule has 1 atom stereocenters. The van der Waals surface area contributed by atoms with Crippen molar-refractivity contribution in [2.75, 3.05) is 5.32 Å². The topological polar surface area (TPSA) is 55.1 Å². The van der Waals surface area contributed by atoms with Crippen LogP contribution in [0, 0.1) is 12.8 Å². The molecule has 5 nitrogen and oxygen atoms in total. The largest absolute Gasteiger partial charge is 0.364 e. The summed E-state index contributed by atoms with van der Waals surface area (Å²) >= 11 is 0. The lowest BCUT2D eigenvalue weighted by Crippen LogP contribution is -2.25. The lowest BCUT2D eigenvalue weighted by Gasteiger charge is -2.21. The van der Waals surface area contributed by atoms with Crippen LogP contribution in [0.15, 0.2) is 12.4 Å². The summed E-state index contributed by atoms with van der Waals surface area (Å²) in [5.74, 6) is 2.25. The number of rotatable bonds is 4. The molecule has 0 spiro atoms. The molecule has 0 aliphatic carbocycles. The number of nitrogens with one attached hydrogen (secondary N) is 1. The Morgan fingerprint density at radius 1 is 1.35 bits per heavy atom. The monoisotopic (exact) mass is 233 g/mol. The first kappa shape index (κ1) is 11.8. The van der Waals surface area contributed by atoms with Crippen LogP contribution in [0.4, 0.5) is 5.82 Å². The van der Waals surface area contributed by atoms with Gasteiger partial charge >= 0.3 is 0 Å². The summed E-state index contributed by atoms with van der Waals surface area (Å²) in [5, 5.41) is 11.7. The average molecular weight is 233 g/mol. The average Bonchev–Trinajstić information content (AvgIpc) is 2.69. The van der Waals surface area contributed by atoms with E-state index in [1.165, 1.54) is 0 Å². The van der Waals surface area contributed by atoms with Gasteiger partial charge in [-0.15, -0.1) is 10.2 Å². The van der Waals surface area contributed by atoms with Crippen LogP contribution in [0.2, 0.25) is 0 Å². The van der Waals surface area contributed by atoms with Crippen molar-refractivity contribution in [2.24, 2.45) is 5.92 Å². The number of fused-ring (bicyclic) bond motifs is 1. The number of anilines is 1. The minimum atomic E-state index is 0.408. The number of aryl methyl sites for hydroxylation is 1. The fourth-order valence-electron chi connectivity index (χ4n) is 1.96. The number of nitrogens with zero attached hydrogens (tertiary/aromatic N) is 4. The third-order valence-corrected chi connectivity index (χ3v) is 3.06. The Morgan fingerprint density at radius 2 is 2.12 bits per heavy atom. The van der Waals surface area contributed by atoms with Crippen LogP contribution < -0.4 is 5.32 Å². The van der Waals surface area contributed by atoms with E-state index in [1.54, 1.807) is 6.20 Å². The highest BCUT2D eigenvalue weighted by Gasteiger charge is 2.14. The van der Waals surface area contributed by atoms with Crippen molar-refractivity contribution in [1.82, 2.24) is 19.6 Å². The molecule has 0 aliphatic rings. The van der Waals surface area contributed by atoms with Crippen LogP contribution in [0.5, 0.6) is 0 Å². The molecule has 2 aromatic rings. The zero-order valence-corrected chi connectivity index (χ0v) is 10.8. The standard InChI is InChI=1S/C12H19N5/c1-5-10(8(2)3)14-11-12-16-15-9(4)17(12)7-6-13-11/h6-8,10H,5H2,1-4H3,(H,13,14). The second-order valence-corrected chi connectivity index (χ2v) is 4.62. The van der Waals surface area contributed by atoms with Gasteiger partial charge in [0.25, 0.3) is 0 Å². The lowest BCUT2D eigenvalue weighted by molar-refractivity contribution is 0.510. The van der Waals surface area contributed by atoms with Crippen molar-refractivity contribution in [3.63, 3.8) is 0 Å². The zero-order valence-electron chi connectivity index (χ0n) is 10.8. The van der Waals surface area contributed by atoms with Gasteiger partial charge in [-0.25, -0.2) is 4.98 Å². The Kier molecular flexibility index (Phi) is 3.26. The highest BCUT2D eigenvalue weighted by atomic mass is 15.3. The molecule has 5 heteroatoms. The summed E-state index contributed by atoms with van der Waals surface area (Å²) < 4.78 is 1.95. The van der Waals surface area contributed by atoms with Gasteiger partial charge in [-0.05, 0) is 19.3 Å². The normalized spacial score (nSPS) is 13.2. The Morgan fingerprint density at radius 3 is 2.76 bits per heavy atom. The predicted octanol–water partition coefficient (Wildman–Crippen LogP) is 2.28. The van der Waals surface area contributed by atoms with Gasteiger partial charge < -0.3 is 5.32 Å². The van der Waals surface area contributed by atoms with Crippen LogP contribution in [-0.4, -0.2) is 25.6 Å². The molecule has 2 heterocycles. The maximum atomic E-state index is 4.36. The molecule has 0 fully saturated rings. The quantitative estimate of drug-likeness (QED) is 0.880. The Labute approximate surface area is 101 Å². The Balaban J connectivity index is 2.35. The summed E-state index contributed by atoms with van der Waals surface area (Å²) in [6.07, 6.45) is 4.72. The predicted molar refractivity (Wildman–Crippen MR) is 68.1 cm³/mol. The van der Waals surface area contributed by atoms with Crippen molar-refractivity contribution < 1.29 is 0 Å². The molecule has 92 valence electrons. The van der Waals surface area contributed by atoms with Crippen LogP contribution in [0.25, 0.3) is 5.65 Å². The third kappa shape index (κ3) is 2.23. The highest BCUT2D eigenvalue weighted by molar-refractivity contribution is 5.62. The molecular formula is C12H19N5. The molecule has 0 aliphatic heterocycles. The van der Waals surface area contributed by atoms with E-state index in [-0.39, 0.29) is 0 Å². The van der Waals surface area contributed by atoms with Gasteiger partial charge in [0.1, 0.15) is 5.82 Å². The lowest BCUT2D eigenvalue weighted by atomic mass is 10.0. The van der Waals surface area contributed by atoms with Crippen LogP contribution >= 0.6 is 0 Å². The molecule has 0 saturated carbocycles. The summed E-state index contributed by atoms with van der Waals surface area (Å²) in [5.41, 5.74) is 0.795.